The number of rotatable bonds is 5. The van der Waals surface area contributed by atoms with E-state index in [0.717, 1.165) is 51.4 Å². The molecule has 1 N–H and O–H groups in total. The highest BCUT2D eigenvalue weighted by molar-refractivity contribution is 6.00. The van der Waals surface area contributed by atoms with E-state index >= 15 is 0 Å². The zero-order valence-electron chi connectivity index (χ0n) is 13.1. The van der Waals surface area contributed by atoms with Gasteiger partial charge in [0.05, 0.1) is 0 Å². The van der Waals surface area contributed by atoms with Crippen molar-refractivity contribution in [2.45, 2.75) is 89.8 Å². The van der Waals surface area contributed by atoms with Crippen LogP contribution in [0.5, 0.6) is 0 Å². The maximum Gasteiger partial charge on any atom is 0.246 e. The van der Waals surface area contributed by atoms with Crippen LogP contribution in [0.4, 0.5) is 0 Å². The van der Waals surface area contributed by atoms with Gasteiger partial charge in [-0.1, -0.05) is 39.5 Å². The Balaban J connectivity index is 2.31. The van der Waals surface area contributed by atoms with E-state index in [1.54, 1.807) is 0 Å². The molecule has 1 aliphatic carbocycles. The van der Waals surface area contributed by atoms with Crippen LogP contribution in [0.25, 0.3) is 0 Å². The molecule has 1 spiro atoms. The second kappa shape index (κ2) is 6.15. The molecule has 2 fully saturated rings. The first-order valence-corrected chi connectivity index (χ1v) is 8.21. The molecule has 1 heterocycles. The predicted octanol–water partition coefficient (Wildman–Crippen LogP) is 2.61. The Hall–Kier alpha value is -1.06. The summed E-state index contributed by atoms with van der Waals surface area (Å²) in [6, 6.07) is -0.144. The maximum atomic E-state index is 12.8. The second-order valence-corrected chi connectivity index (χ2v) is 6.40. The van der Waals surface area contributed by atoms with Crippen LogP contribution in [-0.2, 0) is 9.59 Å². The monoisotopic (exact) mass is 280 g/mol. The third-order valence-corrected chi connectivity index (χ3v) is 4.88. The highest BCUT2D eigenvalue weighted by atomic mass is 16.2. The number of hydrogen-bond donors (Lipinski definition) is 1. The molecular formula is C16H28N2O2. The standard InChI is InChI=1S/C16H28N2O2/c1-4-8-12(3)18-14(19)13(9-5-2)17-15(20)16(18)10-6-7-11-16/h12-13H,4-11H2,1-3H3,(H,17,20). The molecule has 1 saturated heterocycles. The average Bonchev–Trinajstić information content (AvgIpc) is 2.87. The van der Waals surface area contributed by atoms with Crippen molar-refractivity contribution in [2.75, 3.05) is 0 Å². The van der Waals surface area contributed by atoms with Gasteiger partial charge in [-0.3, -0.25) is 9.59 Å². The van der Waals surface area contributed by atoms with Gasteiger partial charge >= 0.3 is 0 Å². The molecule has 1 saturated carbocycles. The van der Waals surface area contributed by atoms with E-state index in [0.29, 0.717) is 0 Å². The molecule has 0 aromatic heterocycles. The third-order valence-electron chi connectivity index (χ3n) is 4.88. The average molecular weight is 280 g/mol. The largest absolute Gasteiger partial charge is 0.342 e. The number of nitrogens with one attached hydrogen (secondary N) is 1. The highest BCUT2D eigenvalue weighted by Gasteiger charge is 2.54. The molecule has 0 bridgehead atoms. The SMILES string of the molecule is CCCC1NC(=O)C2(CCCC2)N(C(C)CCC)C1=O. The lowest BCUT2D eigenvalue weighted by molar-refractivity contribution is -0.161. The van der Waals surface area contributed by atoms with Gasteiger partial charge in [-0.05, 0) is 32.6 Å². The molecule has 2 amide bonds. The Morgan fingerprint density at radius 1 is 1.25 bits per heavy atom. The molecule has 2 aliphatic rings. The minimum atomic E-state index is -0.546. The molecule has 2 unspecified atom stereocenters. The van der Waals surface area contributed by atoms with E-state index in [1.807, 2.05) is 4.90 Å². The lowest BCUT2D eigenvalue weighted by atomic mass is 9.86. The third kappa shape index (κ3) is 2.45. The van der Waals surface area contributed by atoms with Gasteiger partial charge < -0.3 is 10.2 Å². The van der Waals surface area contributed by atoms with Crippen molar-refractivity contribution in [3.63, 3.8) is 0 Å². The van der Waals surface area contributed by atoms with Crippen molar-refractivity contribution in [2.24, 2.45) is 0 Å². The first kappa shape index (κ1) is 15.3. The summed E-state index contributed by atoms with van der Waals surface area (Å²) in [5, 5.41) is 3.00. The van der Waals surface area contributed by atoms with Gasteiger partial charge in [0.1, 0.15) is 11.6 Å². The van der Waals surface area contributed by atoms with Crippen molar-refractivity contribution < 1.29 is 9.59 Å². The number of carbonyl (C=O) groups excluding carboxylic acids is 2. The van der Waals surface area contributed by atoms with Crippen LogP contribution in [0.1, 0.15) is 72.1 Å². The molecule has 114 valence electrons. The molecule has 2 atom stereocenters. The van der Waals surface area contributed by atoms with E-state index in [9.17, 15) is 9.59 Å². The molecule has 4 heteroatoms. The molecule has 0 aromatic rings. The first-order valence-electron chi connectivity index (χ1n) is 8.21. The van der Waals surface area contributed by atoms with Gasteiger partial charge in [-0.2, -0.15) is 0 Å². The Labute approximate surface area is 122 Å². The van der Waals surface area contributed by atoms with E-state index in [2.05, 4.69) is 26.1 Å². The van der Waals surface area contributed by atoms with Crippen LogP contribution in [-0.4, -0.2) is 34.3 Å². The number of amides is 2. The summed E-state index contributed by atoms with van der Waals surface area (Å²) in [6.07, 6.45) is 7.44. The minimum absolute atomic E-state index is 0.0935. The van der Waals surface area contributed by atoms with Crippen molar-refractivity contribution in [1.29, 1.82) is 0 Å². The molecule has 1 aliphatic heterocycles. The summed E-state index contributed by atoms with van der Waals surface area (Å²) in [7, 11) is 0. The minimum Gasteiger partial charge on any atom is -0.342 e. The van der Waals surface area contributed by atoms with Crippen LogP contribution in [0.3, 0.4) is 0 Å². The first-order chi connectivity index (χ1) is 9.56. The van der Waals surface area contributed by atoms with Gasteiger partial charge in [-0.15, -0.1) is 0 Å². The Bertz CT molecular complexity index is 375. The fourth-order valence-electron chi connectivity index (χ4n) is 3.94. The molecule has 0 radical (unpaired) electrons. The molecule has 4 nitrogen and oxygen atoms in total. The van der Waals surface area contributed by atoms with Gasteiger partial charge in [0.15, 0.2) is 0 Å². The summed E-state index contributed by atoms with van der Waals surface area (Å²) in [5.41, 5.74) is -0.546. The van der Waals surface area contributed by atoms with E-state index in [-0.39, 0.29) is 23.9 Å². The highest BCUT2D eigenvalue weighted by Crippen LogP contribution is 2.40. The Morgan fingerprint density at radius 3 is 2.45 bits per heavy atom. The van der Waals surface area contributed by atoms with Gasteiger partial charge in [0.2, 0.25) is 11.8 Å². The summed E-state index contributed by atoms with van der Waals surface area (Å²) in [5.74, 6) is 0.241. The van der Waals surface area contributed by atoms with Crippen molar-refractivity contribution in [1.82, 2.24) is 10.2 Å². The lowest BCUT2D eigenvalue weighted by Gasteiger charge is -2.49. The zero-order valence-corrected chi connectivity index (χ0v) is 13.1. The fraction of sp³-hybridized carbons (Fsp3) is 0.875. The van der Waals surface area contributed by atoms with Gasteiger partial charge in [0, 0.05) is 6.04 Å². The van der Waals surface area contributed by atoms with E-state index in [4.69, 9.17) is 0 Å². The molecule has 2 rings (SSSR count). The topological polar surface area (TPSA) is 49.4 Å². The smallest absolute Gasteiger partial charge is 0.246 e. The van der Waals surface area contributed by atoms with E-state index in [1.165, 1.54) is 0 Å². The van der Waals surface area contributed by atoms with E-state index < -0.39 is 5.54 Å². The van der Waals surface area contributed by atoms with Crippen molar-refractivity contribution in [3.05, 3.63) is 0 Å². The zero-order chi connectivity index (χ0) is 14.8. The maximum absolute atomic E-state index is 12.8. The Kier molecular flexibility index (Phi) is 4.71. The van der Waals surface area contributed by atoms with Crippen LogP contribution in [0.2, 0.25) is 0 Å². The predicted molar refractivity (Wildman–Crippen MR) is 79.3 cm³/mol. The van der Waals surface area contributed by atoms with Crippen molar-refractivity contribution >= 4 is 11.8 Å². The summed E-state index contributed by atoms with van der Waals surface area (Å²) >= 11 is 0. The number of piperazine rings is 1. The van der Waals surface area contributed by atoms with Crippen LogP contribution in [0.15, 0.2) is 0 Å². The second-order valence-electron chi connectivity index (χ2n) is 6.40. The molecule has 20 heavy (non-hydrogen) atoms. The number of carbonyl (C=O) groups is 2. The quantitative estimate of drug-likeness (QED) is 0.841. The lowest BCUT2D eigenvalue weighted by Crippen LogP contribution is -2.71. The van der Waals surface area contributed by atoms with Crippen molar-refractivity contribution in [3.8, 4) is 0 Å². The number of nitrogens with zero attached hydrogens (tertiary/aromatic N) is 1. The Morgan fingerprint density at radius 2 is 1.90 bits per heavy atom. The van der Waals surface area contributed by atoms with Gasteiger partial charge in [-0.25, -0.2) is 0 Å². The fourth-order valence-corrected chi connectivity index (χ4v) is 3.94. The summed E-state index contributed by atoms with van der Waals surface area (Å²) in [6.45, 7) is 6.29. The van der Waals surface area contributed by atoms with Crippen LogP contribution >= 0.6 is 0 Å². The van der Waals surface area contributed by atoms with Crippen LogP contribution < -0.4 is 5.32 Å². The number of hydrogen-bond acceptors (Lipinski definition) is 2. The molecular weight excluding hydrogens is 252 g/mol. The van der Waals surface area contributed by atoms with Gasteiger partial charge in [0.25, 0.3) is 0 Å². The normalized spacial score (nSPS) is 26.9. The van der Waals surface area contributed by atoms with Crippen LogP contribution in [0, 0.1) is 0 Å². The summed E-state index contributed by atoms with van der Waals surface area (Å²) < 4.78 is 0. The summed E-state index contributed by atoms with van der Waals surface area (Å²) in [4.78, 5) is 27.5. The molecule has 0 aromatic carbocycles.